The summed E-state index contributed by atoms with van der Waals surface area (Å²) in [5.74, 6) is -0.539. The Morgan fingerprint density at radius 2 is 1.82 bits per heavy atom. The predicted molar refractivity (Wildman–Crippen MR) is 144 cm³/mol. The fourth-order valence-electron chi connectivity index (χ4n) is 5.27. The van der Waals surface area contributed by atoms with Gasteiger partial charge < -0.3 is 15.3 Å². The number of fused-ring (bicyclic) bond motifs is 1. The van der Waals surface area contributed by atoms with Gasteiger partial charge in [0.25, 0.3) is 5.91 Å². The van der Waals surface area contributed by atoms with Gasteiger partial charge in [0.15, 0.2) is 0 Å². The molecule has 38 heavy (non-hydrogen) atoms. The van der Waals surface area contributed by atoms with E-state index in [9.17, 15) is 19.5 Å². The molecule has 0 atom stereocenters. The lowest BCUT2D eigenvalue weighted by Crippen LogP contribution is -2.40. The molecular weight excluding hydrogens is 482 g/mol. The zero-order valence-corrected chi connectivity index (χ0v) is 21.5. The van der Waals surface area contributed by atoms with Crippen LogP contribution in [0, 0.1) is 6.92 Å². The van der Waals surface area contributed by atoms with Gasteiger partial charge in [0, 0.05) is 42.7 Å². The monoisotopic (exact) mass is 513 g/mol. The maximum atomic E-state index is 12.9. The highest BCUT2D eigenvalue weighted by Gasteiger charge is 2.27. The first-order valence-corrected chi connectivity index (χ1v) is 12.8. The number of hydrogen-bond acceptors (Lipinski definition) is 5. The first kappa shape index (κ1) is 25.3. The Morgan fingerprint density at radius 3 is 2.53 bits per heavy atom. The maximum Gasteiger partial charge on any atom is 0.328 e. The van der Waals surface area contributed by atoms with Gasteiger partial charge in [-0.3, -0.25) is 24.1 Å². The zero-order valence-electron chi connectivity index (χ0n) is 21.5. The molecule has 4 aromatic rings. The van der Waals surface area contributed by atoms with E-state index >= 15 is 0 Å². The van der Waals surface area contributed by atoms with Crippen LogP contribution in [-0.4, -0.2) is 49.4 Å². The van der Waals surface area contributed by atoms with Crippen LogP contribution in [0.4, 0.5) is 0 Å². The molecule has 0 saturated carbocycles. The summed E-state index contributed by atoms with van der Waals surface area (Å²) in [6.07, 6.45) is 1.93. The number of aromatic nitrogens is 3. The summed E-state index contributed by atoms with van der Waals surface area (Å²) in [4.78, 5) is 45.8. The second-order valence-corrected chi connectivity index (χ2v) is 9.83. The molecule has 3 heterocycles. The van der Waals surface area contributed by atoms with Crippen LogP contribution < -0.4 is 11.0 Å². The Kier molecular flexibility index (Phi) is 7.00. The average Bonchev–Trinajstić information content (AvgIpc) is 3.19. The number of H-pyrrole nitrogens is 1. The first-order valence-electron chi connectivity index (χ1n) is 12.8. The fourth-order valence-corrected chi connectivity index (χ4v) is 5.27. The number of aromatic hydroxyl groups is 1. The smallest absolute Gasteiger partial charge is 0.328 e. The maximum absolute atomic E-state index is 12.9. The highest BCUT2D eigenvalue weighted by molar-refractivity contribution is 5.94. The van der Waals surface area contributed by atoms with E-state index in [0.717, 1.165) is 28.6 Å². The van der Waals surface area contributed by atoms with Crippen molar-refractivity contribution in [3.63, 3.8) is 0 Å². The van der Waals surface area contributed by atoms with Crippen LogP contribution >= 0.6 is 0 Å². The van der Waals surface area contributed by atoms with Crippen molar-refractivity contribution >= 4 is 22.7 Å². The lowest BCUT2D eigenvalue weighted by molar-refractivity contribution is -0.130. The SMILES string of the molecule is CC(=O)N1CCC(n2c(CNC(=O)c3ccc(Cc4cc(C)nc5ccccc45)cc3)c(O)[nH]c2=O)CC1. The standard InChI is InChI=1S/C29H31N5O4/c1-18-15-22(24-5-3-4-6-25(24)31-18)16-20-7-9-21(10-8-20)27(36)30-17-26-28(37)32-29(38)34(26)23-11-13-33(14-12-23)19(2)35/h3-10,15,23,37H,11-14,16-17H2,1-2H3,(H,30,36)(H,32,38). The number of imidazole rings is 1. The number of amides is 2. The lowest BCUT2D eigenvalue weighted by atomic mass is 9.99. The number of rotatable bonds is 6. The van der Waals surface area contributed by atoms with Crippen LogP contribution in [0.2, 0.25) is 0 Å². The van der Waals surface area contributed by atoms with Gasteiger partial charge in [-0.15, -0.1) is 0 Å². The summed E-state index contributed by atoms with van der Waals surface area (Å²) in [5.41, 5.74) is 4.59. The number of benzene rings is 2. The minimum Gasteiger partial charge on any atom is -0.493 e. The Bertz CT molecular complexity index is 1550. The third kappa shape index (κ3) is 5.18. The third-order valence-corrected chi connectivity index (χ3v) is 7.24. The minimum atomic E-state index is -0.420. The van der Waals surface area contributed by atoms with E-state index in [2.05, 4.69) is 27.4 Å². The van der Waals surface area contributed by atoms with Crippen molar-refractivity contribution in [1.29, 1.82) is 0 Å². The molecule has 0 bridgehead atoms. The van der Waals surface area contributed by atoms with E-state index in [4.69, 9.17) is 0 Å². The van der Waals surface area contributed by atoms with Crippen LogP contribution in [0.25, 0.3) is 10.9 Å². The van der Waals surface area contributed by atoms with Gasteiger partial charge in [0.1, 0.15) is 5.69 Å². The molecule has 0 radical (unpaired) electrons. The minimum absolute atomic E-state index is 0.000359. The summed E-state index contributed by atoms with van der Waals surface area (Å²) in [7, 11) is 0. The molecule has 1 fully saturated rings. The molecule has 2 aromatic carbocycles. The largest absolute Gasteiger partial charge is 0.493 e. The number of aromatic amines is 1. The second kappa shape index (κ2) is 10.5. The summed E-state index contributed by atoms with van der Waals surface area (Å²) >= 11 is 0. The van der Waals surface area contributed by atoms with Crippen LogP contribution in [-0.2, 0) is 17.8 Å². The molecule has 9 heteroatoms. The molecule has 196 valence electrons. The summed E-state index contributed by atoms with van der Waals surface area (Å²) < 4.78 is 1.51. The van der Waals surface area contributed by atoms with E-state index in [0.29, 0.717) is 37.2 Å². The molecule has 2 amide bonds. The highest BCUT2D eigenvalue weighted by atomic mass is 16.3. The van der Waals surface area contributed by atoms with Gasteiger partial charge in [-0.05, 0) is 61.6 Å². The van der Waals surface area contributed by atoms with E-state index in [1.54, 1.807) is 17.0 Å². The molecule has 1 aliphatic heterocycles. The number of likely N-dealkylation sites (tertiary alicyclic amines) is 1. The highest BCUT2D eigenvalue weighted by Crippen LogP contribution is 2.26. The van der Waals surface area contributed by atoms with Crippen molar-refractivity contribution in [3.05, 3.63) is 93.2 Å². The van der Waals surface area contributed by atoms with Gasteiger partial charge in [-0.1, -0.05) is 30.3 Å². The summed E-state index contributed by atoms with van der Waals surface area (Å²) in [5, 5.41) is 14.3. The van der Waals surface area contributed by atoms with Crippen LogP contribution in [0.1, 0.15) is 58.7 Å². The quantitative estimate of drug-likeness (QED) is 0.365. The molecule has 1 aliphatic rings. The third-order valence-electron chi connectivity index (χ3n) is 7.24. The normalized spacial score (nSPS) is 14.1. The number of para-hydroxylation sites is 1. The Balaban J connectivity index is 1.26. The van der Waals surface area contributed by atoms with Gasteiger partial charge in [-0.25, -0.2) is 4.79 Å². The summed E-state index contributed by atoms with van der Waals surface area (Å²) in [6.45, 7) is 4.61. The Labute approximate surface area is 220 Å². The first-order chi connectivity index (χ1) is 18.3. The lowest BCUT2D eigenvalue weighted by Gasteiger charge is -2.32. The number of nitrogens with one attached hydrogen (secondary N) is 2. The summed E-state index contributed by atoms with van der Waals surface area (Å²) in [6, 6.07) is 17.4. The van der Waals surface area contributed by atoms with Crippen LogP contribution in [0.5, 0.6) is 5.88 Å². The van der Waals surface area contributed by atoms with Crippen molar-refractivity contribution in [2.75, 3.05) is 13.1 Å². The molecule has 5 rings (SSSR count). The van der Waals surface area contributed by atoms with Crippen molar-refractivity contribution in [1.82, 2.24) is 24.8 Å². The average molecular weight is 514 g/mol. The molecule has 9 nitrogen and oxygen atoms in total. The van der Waals surface area contributed by atoms with Gasteiger partial charge >= 0.3 is 5.69 Å². The van der Waals surface area contributed by atoms with Crippen LogP contribution in [0.3, 0.4) is 0 Å². The predicted octanol–water partition coefficient (Wildman–Crippen LogP) is 3.44. The number of carbonyl (C=O) groups is 2. The van der Waals surface area contributed by atoms with Crippen LogP contribution in [0.15, 0.2) is 59.4 Å². The van der Waals surface area contributed by atoms with Crippen molar-refractivity contribution < 1.29 is 14.7 Å². The van der Waals surface area contributed by atoms with E-state index in [1.165, 1.54) is 17.1 Å². The van der Waals surface area contributed by atoms with Gasteiger partial charge in [-0.2, -0.15) is 0 Å². The number of hydrogen-bond donors (Lipinski definition) is 3. The topological polar surface area (TPSA) is 120 Å². The second-order valence-electron chi connectivity index (χ2n) is 9.83. The number of carbonyl (C=O) groups excluding carboxylic acids is 2. The molecule has 1 saturated heterocycles. The van der Waals surface area contributed by atoms with Gasteiger partial charge in [0.05, 0.1) is 12.1 Å². The number of nitrogens with zero attached hydrogens (tertiary/aromatic N) is 3. The van der Waals surface area contributed by atoms with Crippen molar-refractivity contribution in [3.8, 4) is 5.88 Å². The zero-order chi connectivity index (χ0) is 26.8. The molecule has 0 spiro atoms. The molecule has 3 N–H and O–H groups in total. The molecule has 0 unspecified atom stereocenters. The van der Waals surface area contributed by atoms with E-state index < -0.39 is 5.69 Å². The molecule has 2 aromatic heterocycles. The number of piperidine rings is 1. The van der Waals surface area contributed by atoms with E-state index in [1.807, 2.05) is 37.3 Å². The Hall–Kier alpha value is -4.40. The molecule has 0 aliphatic carbocycles. The number of aryl methyl sites for hydroxylation is 1. The van der Waals surface area contributed by atoms with Crippen molar-refractivity contribution in [2.45, 2.75) is 45.7 Å². The van der Waals surface area contributed by atoms with Crippen molar-refractivity contribution in [2.24, 2.45) is 0 Å². The van der Waals surface area contributed by atoms with E-state index in [-0.39, 0.29) is 30.3 Å². The van der Waals surface area contributed by atoms with Gasteiger partial charge in [0.2, 0.25) is 11.8 Å². The number of pyridine rings is 1. The Morgan fingerprint density at radius 1 is 1.11 bits per heavy atom. The fraction of sp³-hybridized carbons (Fsp3) is 0.310. The molecular formula is C29H31N5O4.